The minimum atomic E-state index is -4.90. The Morgan fingerprint density at radius 3 is 2.31 bits per heavy atom. The monoisotopic (exact) mass is 519 g/mol. The number of amides is 4. The van der Waals surface area contributed by atoms with Gasteiger partial charge < -0.3 is 14.1 Å². The maximum absolute atomic E-state index is 13.6. The van der Waals surface area contributed by atoms with E-state index < -0.39 is 78.6 Å². The number of rotatable bonds is 1. The van der Waals surface area contributed by atoms with Crippen molar-refractivity contribution >= 4 is 23.5 Å². The fourth-order valence-electron chi connectivity index (χ4n) is 5.01. The molecule has 3 atom stereocenters. The lowest BCUT2D eigenvalue weighted by atomic mass is 9.66. The molecule has 1 aromatic carbocycles. The number of imide groups is 2. The van der Waals surface area contributed by atoms with Gasteiger partial charge >= 0.3 is 24.3 Å². The zero-order valence-electron chi connectivity index (χ0n) is 18.0. The minimum Gasteiger partial charge on any atom is -0.413 e. The topological polar surface area (TPSA) is 127 Å². The Bertz CT molecular complexity index is 1250. The highest BCUT2D eigenvalue weighted by Gasteiger charge is 2.64. The summed E-state index contributed by atoms with van der Waals surface area (Å²) >= 11 is 0. The second-order valence-corrected chi connectivity index (χ2v) is 8.61. The number of fused-ring (bicyclic) bond motifs is 4. The molecule has 4 heterocycles. The number of carbonyl (C=O) groups excluding carboxylic acids is 3. The number of barbiturate groups is 1. The van der Waals surface area contributed by atoms with Crippen LogP contribution in [0, 0.1) is 5.41 Å². The number of aromatic nitrogens is 2. The third-order valence-corrected chi connectivity index (χ3v) is 6.43. The molecule has 16 heteroatoms. The molecule has 2 saturated heterocycles. The molecular weight excluding hydrogens is 504 g/mol. The minimum absolute atomic E-state index is 0.0215. The van der Waals surface area contributed by atoms with Crippen LogP contribution in [0.2, 0.25) is 0 Å². The molecule has 0 radical (unpaired) electrons. The first-order chi connectivity index (χ1) is 16.7. The number of hydrogen-bond acceptors (Lipinski definition) is 8. The Morgan fingerprint density at radius 1 is 1.06 bits per heavy atom. The average Bonchev–Trinajstić information content (AvgIpc) is 3.27. The number of hydrogen-bond donors (Lipinski definition) is 2. The predicted octanol–water partition coefficient (Wildman–Crippen LogP) is 2.19. The van der Waals surface area contributed by atoms with Crippen molar-refractivity contribution in [2.45, 2.75) is 43.9 Å². The SMILES string of the molecule is C[C@@H]1O[C@H](C(F)(F)F)CN2c3ccc(-c4nnc(C(F)(F)F)o4)cc3CC3(C(=O)NC(=O)NC3=O)[C@@H]12. The van der Waals surface area contributed by atoms with Crippen molar-refractivity contribution in [1.29, 1.82) is 0 Å². The number of ether oxygens (including phenoxy) is 1. The highest BCUT2D eigenvalue weighted by Crippen LogP contribution is 2.48. The van der Waals surface area contributed by atoms with Crippen molar-refractivity contribution in [1.82, 2.24) is 20.8 Å². The second kappa shape index (κ2) is 7.65. The predicted molar refractivity (Wildman–Crippen MR) is 104 cm³/mol. The van der Waals surface area contributed by atoms with Crippen molar-refractivity contribution in [3.05, 3.63) is 29.7 Å². The van der Waals surface area contributed by atoms with Gasteiger partial charge in [-0.25, -0.2) is 4.79 Å². The van der Waals surface area contributed by atoms with Gasteiger partial charge in [0, 0.05) is 11.3 Å². The zero-order valence-corrected chi connectivity index (χ0v) is 18.0. The summed E-state index contributed by atoms with van der Waals surface area (Å²) in [4.78, 5) is 39.1. The molecule has 36 heavy (non-hydrogen) atoms. The van der Waals surface area contributed by atoms with Gasteiger partial charge in [-0.2, -0.15) is 26.3 Å². The number of halogens is 6. The molecule has 4 amide bonds. The first-order valence-electron chi connectivity index (χ1n) is 10.4. The van der Waals surface area contributed by atoms with E-state index in [-0.39, 0.29) is 16.8 Å². The van der Waals surface area contributed by atoms with Gasteiger partial charge in [0.15, 0.2) is 11.5 Å². The number of carbonyl (C=O) groups is 3. The van der Waals surface area contributed by atoms with Gasteiger partial charge in [-0.3, -0.25) is 20.2 Å². The molecular formula is C20H15F6N5O5. The molecule has 1 aromatic heterocycles. The molecule has 5 rings (SSSR count). The maximum Gasteiger partial charge on any atom is 0.470 e. The Balaban J connectivity index is 1.64. The first-order valence-corrected chi connectivity index (χ1v) is 10.4. The lowest BCUT2D eigenvalue weighted by molar-refractivity contribution is -0.242. The van der Waals surface area contributed by atoms with Crippen molar-refractivity contribution < 1.29 is 49.9 Å². The van der Waals surface area contributed by atoms with Crippen molar-refractivity contribution in [2.75, 3.05) is 11.4 Å². The molecule has 2 aromatic rings. The van der Waals surface area contributed by atoms with Crippen LogP contribution in [0.1, 0.15) is 18.4 Å². The van der Waals surface area contributed by atoms with Crippen LogP contribution in [0.4, 0.5) is 36.8 Å². The Morgan fingerprint density at radius 2 is 1.72 bits per heavy atom. The molecule has 1 spiro atoms. The van der Waals surface area contributed by atoms with Crippen LogP contribution in [0.5, 0.6) is 0 Å². The molecule has 0 unspecified atom stereocenters. The van der Waals surface area contributed by atoms with Crippen LogP contribution in [0.25, 0.3) is 11.5 Å². The third-order valence-electron chi connectivity index (χ3n) is 6.43. The molecule has 10 nitrogen and oxygen atoms in total. The Hall–Kier alpha value is -3.69. The Labute approximate surface area is 197 Å². The highest BCUT2D eigenvalue weighted by atomic mass is 19.4. The van der Waals surface area contributed by atoms with Crippen LogP contribution in [-0.2, 0) is 26.9 Å². The number of nitrogens with zero attached hydrogens (tertiary/aromatic N) is 3. The van der Waals surface area contributed by atoms with Crippen molar-refractivity contribution in [2.24, 2.45) is 5.41 Å². The van der Waals surface area contributed by atoms with E-state index in [1.165, 1.54) is 30.0 Å². The van der Waals surface area contributed by atoms with Crippen molar-refractivity contribution in [3.63, 3.8) is 0 Å². The van der Waals surface area contributed by atoms with E-state index in [1.54, 1.807) is 0 Å². The van der Waals surface area contributed by atoms with Crippen LogP contribution in [-0.4, -0.2) is 59.0 Å². The van der Waals surface area contributed by atoms with E-state index in [1.807, 2.05) is 10.6 Å². The number of alkyl halides is 6. The van der Waals surface area contributed by atoms with Gasteiger partial charge in [0.2, 0.25) is 17.7 Å². The molecule has 0 bridgehead atoms. The quantitative estimate of drug-likeness (QED) is 0.434. The van der Waals surface area contributed by atoms with Gasteiger partial charge in [-0.1, -0.05) is 0 Å². The van der Waals surface area contributed by atoms with E-state index in [0.29, 0.717) is 0 Å². The van der Waals surface area contributed by atoms with Gasteiger partial charge in [-0.15, -0.1) is 10.2 Å². The van der Waals surface area contributed by atoms with Gasteiger partial charge in [0.25, 0.3) is 0 Å². The van der Waals surface area contributed by atoms with Crippen LogP contribution in [0.3, 0.4) is 0 Å². The normalized spacial score (nSPS) is 25.8. The maximum atomic E-state index is 13.6. The summed E-state index contributed by atoms with van der Waals surface area (Å²) in [6.45, 7) is 0.505. The number of benzene rings is 1. The van der Waals surface area contributed by atoms with Gasteiger partial charge in [0.1, 0.15) is 0 Å². The number of anilines is 1. The largest absolute Gasteiger partial charge is 0.470 e. The fraction of sp³-hybridized carbons (Fsp3) is 0.450. The van der Waals surface area contributed by atoms with E-state index >= 15 is 0 Å². The van der Waals surface area contributed by atoms with Gasteiger partial charge in [0.05, 0.1) is 18.7 Å². The lowest BCUT2D eigenvalue weighted by Gasteiger charge is -2.55. The molecule has 0 saturated carbocycles. The molecule has 3 aliphatic heterocycles. The summed E-state index contributed by atoms with van der Waals surface area (Å²) in [5.74, 6) is -4.22. The Kier molecular flexibility index (Phi) is 5.11. The average molecular weight is 519 g/mol. The summed E-state index contributed by atoms with van der Waals surface area (Å²) in [5, 5.41) is 10.3. The molecule has 0 aliphatic carbocycles. The van der Waals surface area contributed by atoms with E-state index in [0.717, 1.165) is 0 Å². The van der Waals surface area contributed by atoms with E-state index in [4.69, 9.17) is 4.74 Å². The fourth-order valence-corrected chi connectivity index (χ4v) is 5.01. The van der Waals surface area contributed by atoms with Crippen LogP contribution in [0.15, 0.2) is 22.6 Å². The summed E-state index contributed by atoms with van der Waals surface area (Å²) in [5.41, 5.74) is -1.76. The molecule has 192 valence electrons. The smallest absolute Gasteiger partial charge is 0.413 e. The summed E-state index contributed by atoms with van der Waals surface area (Å²) in [7, 11) is 0. The second-order valence-electron chi connectivity index (χ2n) is 8.61. The zero-order chi connectivity index (χ0) is 26.2. The molecule has 3 aliphatic rings. The summed E-state index contributed by atoms with van der Waals surface area (Å²) < 4.78 is 89.3. The summed E-state index contributed by atoms with van der Waals surface area (Å²) in [6.07, 6.45) is -13.6. The number of nitrogens with one attached hydrogen (secondary N) is 2. The third kappa shape index (κ3) is 3.58. The van der Waals surface area contributed by atoms with E-state index in [2.05, 4.69) is 14.6 Å². The van der Waals surface area contributed by atoms with Crippen molar-refractivity contribution in [3.8, 4) is 11.5 Å². The van der Waals surface area contributed by atoms with E-state index in [9.17, 15) is 40.7 Å². The molecule has 2 N–H and O–H groups in total. The first kappa shape index (κ1) is 24.0. The van der Waals surface area contributed by atoms with Crippen LogP contribution >= 0.6 is 0 Å². The standard InChI is InChI=1S/C20H15F6N5O5/c1-7-12-18(14(32)27-17(34)28-15(18)33)5-9-4-8(13-29-30-16(36-13)20(24,25)26)2-3-10(9)31(12)6-11(35-7)19(21,22)23/h2-4,7,11-12H,5-6H2,1H3,(H2,27,28,32,33,34)/t7-,11-,12+/m0/s1. The number of urea groups is 1. The van der Waals surface area contributed by atoms with Gasteiger partial charge in [-0.05, 0) is 37.1 Å². The number of morpholine rings is 1. The summed E-state index contributed by atoms with van der Waals surface area (Å²) in [6, 6.07) is 1.53. The van der Waals surface area contributed by atoms with Crippen LogP contribution < -0.4 is 15.5 Å². The highest BCUT2D eigenvalue weighted by molar-refractivity contribution is 6.20. The molecule has 2 fully saturated rings. The lowest BCUT2D eigenvalue weighted by Crippen LogP contribution is -2.76.